The van der Waals surface area contributed by atoms with Gasteiger partial charge in [-0.15, -0.1) is 0 Å². The number of rotatable bonds is 6. The molecular formula is C10H15ClN4O2. The second kappa shape index (κ2) is 6.36. The minimum atomic E-state index is -0.469. The van der Waals surface area contributed by atoms with Crippen molar-refractivity contribution in [2.24, 2.45) is 0 Å². The van der Waals surface area contributed by atoms with Gasteiger partial charge in [0.15, 0.2) is 0 Å². The van der Waals surface area contributed by atoms with Crippen molar-refractivity contribution in [3.05, 3.63) is 27.5 Å². The van der Waals surface area contributed by atoms with Gasteiger partial charge in [-0.25, -0.2) is 0 Å². The van der Waals surface area contributed by atoms with Crippen LogP contribution in [0.5, 0.6) is 0 Å². The Labute approximate surface area is 105 Å². The van der Waals surface area contributed by atoms with Crippen LogP contribution in [0.4, 0.5) is 11.4 Å². The van der Waals surface area contributed by atoms with Gasteiger partial charge in [-0.2, -0.15) is 0 Å². The lowest BCUT2D eigenvalue weighted by molar-refractivity contribution is -0.384. The molecule has 0 aliphatic carbocycles. The summed E-state index contributed by atoms with van der Waals surface area (Å²) in [4.78, 5) is 15.9. The number of nitrogens with one attached hydrogen (secondary N) is 1. The number of nitro groups is 1. The van der Waals surface area contributed by atoms with Crippen molar-refractivity contribution < 1.29 is 4.92 Å². The van der Waals surface area contributed by atoms with Crippen LogP contribution in [-0.4, -0.2) is 37.1 Å². The highest BCUT2D eigenvalue weighted by molar-refractivity contribution is 6.33. The third-order valence-electron chi connectivity index (χ3n) is 2.35. The van der Waals surface area contributed by atoms with Crippen molar-refractivity contribution in [1.29, 1.82) is 0 Å². The Hall–Kier alpha value is -1.40. The van der Waals surface area contributed by atoms with Crippen molar-refractivity contribution in [2.75, 3.05) is 32.1 Å². The molecule has 0 fully saturated rings. The fraction of sp³-hybridized carbons (Fsp3) is 0.500. The maximum atomic E-state index is 10.9. The normalized spacial score (nSPS) is 10.3. The fourth-order valence-electron chi connectivity index (χ4n) is 1.53. The third kappa shape index (κ3) is 3.54. The Morgan fingerprint density at radius 3 is 2.88 bits per heavy atom. The standard InChI is InChI=1S/C10H15ClN4O2/c1-12-4-3-5-14(2)10-8(11)6-13-7-9(10)15(16)17/h6-7,12H,3-5H2,1-2H3. The number of hydrogen-bond donors (Lipinski definition) is 1. The third-order valence-corrected chi connectivity index (χ3v) is 2.63. The van der Waals surface area contributed by atoms with E-state index in [2.05, 4.69) is 10.3 Å². The molecule has 0 amide bonds. The molecule has 0 aliphatic heterocycles. The minimum absolute atomic E-state index is 0.0653. The molecule has 1 aromatic rings. The van der Waals surface area contributed by atoms with Gasteiger partial charge in [0.05, 0.1) is 9.95 Å². The predicted molar refractivity (Wildman–Crippen MR) is 67.7 cm³/mol. The highest BCUT2D eigenvalue weighted by Gasteiger charge is 2.20. The maximum Gasteiger partial charge on any atom is 0.312 e. The van der Waals surface area contributed by atoms with Crippen LogP contribution in [0.2, 0.25) is 5.02 Å². The van der Waals surface area contributed by atoms with Crippen LogP contribution >= 0.6 is 11.6 Å². The SMILES string of the molecule is CNCCCN(C)c1c(Cl)cncc1[N+](=O)[O-]. The van der Waals surface area contributed by atoms with Gasteiger partial charge in [-0.05, 0) is 20.0 Å². The first-order valence-corrected chi connectivity index (χ1v) is 5.59. The Kier molecular flexibility index (Phi) is 5.11. The molecular weight excluding hydrogens is 244 g/mol. The van der Waals surface area contributed by atoms with Gasteiger partial charge in [0.25, 0.3) is 0 Å². The molecule has 0 unspecified atom stereocenters. The van der Waals surface area contributed by atoms with E-state index >= 15 is 0 Å². The van der Waals surface area contributed by atoms with E-state index in [0.29, 0.717) is 17.3 Å². The summed E-state index contributed by atoms with van der Waals surface area (Å²) < 4.78 is 0. The zero-order chi connectivity index (χ0) is 12.8. The van der Waals surface area contributed by atoms with Crippen molar-refractivity contribution >= 4 is 23.0 Å². The summed E-state index contributed by atoms with van der Waals surface area (Å²) in [6, 6.07) is 0. The molecule has 0 radical (unpaired) electrons. The number of halogens is 1. The fourth-order valence-corrected chi connectivity index (χ4v) is 1.83. The predicted octanol–water partition coefficient (Wildman–Crippen LogP) is 1.69. The zero-order valence-electron chi connectivity index (χ0n) is 9.81. The molecule has 0 aliphatic rings. The second-order valence-corrected chi connectivity index (χ2v) is 4.03. The Morgan fingerprint density at radius 2 is 2.29 bits per heavy atom. The molecule has 0 saturated heterocycles. The Balaban J connectivity index is 2.90. The van der Waals surface area contributed by atoms with Gasteiger partial charge in [0, 0.05) is 19.8 Å². The highest BCUT2D eigenvalue weighted by Crippen LogP contribution is 2.33. The van der Waals surface area contributed by atoms with E-state index in [-0.39, 0.29) is 5.69 Å². The molecule has 0 bridgehead atoms. The molecule has 17 heavy (non-hydrogen) atoms. The molecule has 1 N–H and O–H groups in total. The van der Waals surface area contributed by atoms with Gasteiger partial charge >= 0.3 is 5.69 Å². The summed E-state index contributed by atoms with van der Waals surface area (Å²) in [6.45, 7) is 1.53. The summed E-state index contributed by atoms with van der Waals surface area (Å²) in [6.07, 6.45) is 3.51. The van der Waals surface area contributed by atoms with Crippen LogP contribution in [0, 0.1) is 10.1 Å². The molecule has 94 valence electrons. The first-order valence-electron chi connectivity index (χ1n) is 5.21. The van der Waals surface area contributed by atoms with Gasteiger partial charge in [0.1, 0.15) is 11.9 Å². The summed E-state index contributed by atoms with van der Waals surface area (Å²) in [5.74, 6) is 0. The summed E-state index contributed by atoms with van der Waals surface area (Å²) in [5.41, 5.74) is 0.354. The van der Waals surface area contributed by atoms with E-state index < -0.39 is 4.92 Å². The average Bonchev–Trinajstić information content (AvgIpc) is 2.28. The van der Waals surface area contributed by atoms with E-state index in [4.69, 9.17) is 11.6 Å². The Morgan fingerprint density at radius 1 is 1.59 bits per heavy atom. The summed E-state index contributed by atoms with van der Waals surface area (Å²) >= 11 is 5.96. The van der Waals surface area contributed by atoms with E-state index in [1.165, 1.54) is 12.4 Å². The van der Waals surface area contributed by atoms with Crippen LogP contribution in [0.15, 0.2) is 12.4 Å². The Bertz CT molecular complexity index is 400. The quantitative estimate of drug-likeness (QED) is 0.478. The van der Waals surface area contributed by atoms with Gasteiger partial charge in [0.2, 0.25) is 0 Å². The molecule has 7 heteroatoms. The second-order valence-electron chi connectivity index (χ2n) is 3.62. The topological polar surface area (TPSA) is 71.3 Å². The summed E-state index contributed by atoms with van der Waals surface area (Å²) in [5, 5.41) is 14.2. The average molecular weight is 259 g/mol. The molecule has 0 aromatic carbocycles. The van der Waals surface area contributed by atoms with Gasteiger partial charge < -0.3 is 10.2 Å². The van der Waals surface area contributed by atoms with E-state index in [0.717, 1.165) is 13.0 Å². The largest absolute Gasteiger partial charge is 0.368 e. The van der Waals surface area contributed by atoms with Crippen LogP contribution in [0.3, 0.4) is 0 Å². The van der Waals surface area contributed by atoms with Crippen LogP contribution in [-0.2, 0) is 0 Å². The number of pyridine rings is 1. The monoisotopic (exact) mass is 258 g/mol. The molecule has 6 nitrogen and oxygen atoms in total. The van der Waals surface area contributed by atoms with Crippen molar-refractivity contribution in [3.8, 4) is 0 Å². The van der Waals surface area contributed by atoms with Gasteiger partial charge in [-0.3, -0.25) is 15.1 Å². The van der Waals surface area contributed by atoms with Gasteiger partial charge in [-0.1, -0.05) is 11.6 Å². The van der Waals surface area contributed by atoms with E-state index in [1.54, 1.807) is 11.9 Å². The lowest BCUT2D eigenvalue weighted by atomic mass is 10.3. The number of nitrogens with zero attached hydrogens (tertiary/aromatic N) is 3. The maximum absolute atomic E-state index is 10.9. The van der Waals surface area contributed by atoms with Crippen LogP contribution in [0.25, 0.3) is 0 Å². The number of hydrogen-bond acceptors (Lipinski definition) is 5. The zero-order valence-corrected chi connectivity index (χ0v) is 10.6. The minimum Gasteiger partial charge on any atom is -0.368 e. The first kappa shape index (κ1) is 13.7. The molecule has 0 atom stereocenters. The van der Waals surface area contributed by atoms with Crippen molar-refractivity contribution in [2.45, 2.75) is 6.42 Å². The van der Waals surface area contributed by atoms with E-state index in [9.17, 15) is 10.1 Å². The highest BCUT2D eigenvalue weighted by atomic mass is 35.5. The molecule has 1 heterocycles. The number of anilines is 1. The molecule has 1 aromatic heterocycles. The van der Waals surface area contributed by atoms with Crippen molar-refractivity contribution in [3.63, 3.8) is 0 Å². The molecule has 1 rings (SSSR count). The first-order chi connectivity index (χ1) is 8.07. The lowest BCUT2D eigenvalue weighted by Gasteiger charge is -2.19. The van der Waals surface area contributed by atoms with Crippen LogP contribution in [0.1, 0.15) is 6.42 Å². The molecule has 0 spiro atoms. The van der Waals surface area contributed by atoms with Crippen molar-refractivity contribution in [1.82, 2.24) is 10.3 Å². The van der Waals surface area contributed by atoms with E-state index in [1.807, 2.05) is 7.05 Å². The smallest absolute Gasteiger partial charge is 0.312 e. The molecule has 0 saturated carbocycles. The lowest BCUT2D eigenvalue weighted by Crippen LogP contribution is -2.23. The number of aromatic nitrogens is 1. The summed E-state index contributed by atoms with van der Waals surface area (Å²) in [7, 11) is 3.64. The van der Waals surface area contributed by atoms with Crippen LogP contribution < -0.4 is 10.2 Å².